The zero-order valence-electron chi connectivity index (χ0n) is 19.4. The van der Waals surface area contributed by atoms with Crippen LogP contribution in [0.3, 0.4) is 0 Å². The number of alkyl halides is 6. The quantitative estimate of drug-likeness (QED) is 0.266. The lowest BCUT2D eigenvalue weighted by atomic mass is 9.43. The Kier molecular flexibility index (Phi) is 6.68. The molecule has 4 fully saturated rings. The van der Waals surface area contributed by atoms with Gasteiger partial charge in [-0.15, -0.1) is 0 Å². The molecule has 0 saturated heterocycles. The molecule has 0 unspecified atom stereocenters. The van der Waals surface area contributed by atoms with Crippen molar-refractivity contribution < 1.29 is 34.5 Å². The van der Waals surface area contributed by atoms with E-state index in [1.54, 1.807) is 0 Å². The molecule has 0 spiro atoms. The Morgan fingerprint density at radius 2 is 1.52 bits per heavy atom. The molecule has 0 aromatic heterocycles. The lowest BCUT2D eigenvalue weighted by molar-refractivity contribution is -0.270. The van der Waals surface area contributed by atoms with E-state index in [2.05, 4.69) is 13.8 Å². The van der Waals surface area contributed by atoms with Crippen molar-refractivity contribution in [2.45, 2.75) is 103 Å². The van der Waals surface area contributed by atoms with Crippen LogP contribution in [0, 0.1) is 46.3 Å². The molecule has 9 heteroatoms. The van der Waals surface area contributed by atoms with E-state index in [-0.39, 0.29) is 41.4 Å². The zero-order chi connectivity index (χ0) is 24.6. The van der Waals surface area contributed by atoms with E-state index in [1.165, 1.54) is 29.9 Å². The fraction of sp³-hybridized carbons (Fsp3) is 1.00. The topological polar surface area (TPSA) is 29.5 Å². The molecule has 0 aromatic carbocycles. The van der Waals surface area contributed by atoms with Gasteiger partial charge in [0.25, 0.3) is 0 Å². The molecule has 2 nitrogen and oxygen atoms in total. The first-order chi connectivity index (χ1) is 15.1. The van der Waals surface area contributed by atoms with Crippen LogP contribution in [0.15, 0.2) is 0 Å². The van der Waals surface area contributed by atoms with Crippen LogP contribution in [0.5, 0.6) is 0 Å². The lowest BCUT2D eigenvalue weighted by Gasteiger charge is -2.62. The predicted octanol–water partition coefficient (Wildman–Crippen LogP) is 7.87. The van der Waals surface area contributed by atoms with Gasteiger partial charge in [0.2, 0.25) is 0 Å². The molecule has 4 rings (SSSR count). The lowest BCUT2D eigenvalue weighted by Crippen LogP contribution is -2.59. The molecule has 10 atom stereocenters. The minimum Gasteiger partial charge on any atom is -0.383 e. The first kappa shape index (κ1) is 26.3. The van der Waals surface area contributed by atoms with E-state index in [0.717, 1.165) is 25.7 Å². The molecule has 0 bridgehead atoms. The largest absolute Gasteiger partial charge is 0.418 e. The maximum Gasteiger partial charge on any atom is 0.418 e. The standard InChI is InChI=1S/C24H35F6IO2/c1-13(19(32)23(25,26)27)16-6-7-17-15-5-4-14-12-22(33-31,24(28,29)30)11-10-20(14,2)18(15)8-9-21(16,17)3/h13-19,32H,4-12H2,1-3H3/t13-,14+,15-,16+,17-,18-,19-,20-,21+,22+/m0/s1. The minimum absolute atomic E-state index is 0.00146. The van der Waals surface area contributed by atoms with Gasteiger partial charge in [-0.25, -0.2) is 0 Å². The van der Waals surface area contributed by atoms with Gasteiger partial charge in [-0.05, 0) is 104 Å². The first-order valence-corrected chi connectivity index (χ1v) is 13.1. The number of hydrogen-bond donors (Lipinski definition) is 1. The van der Waals surface area contributed by atoms with Gasteiger partial charge in [0, 0.05) is 0 Å². The van der Waals surface area contributed by atoms with Gasteiger partial charge in [-0.2, -0.15) is 26.3 Å². The predicted molar refractivity (Wildman–Crippen MR) is 120 cm³/mol. The summed E-state index contributed by atoms with van der Waals surface area (Å²) in [4.78, 5) is 0. The molecule has 0 amide bonds. The molecular weight excluding hydrogens is 561 g/mol. The van der Waals surface area contributed by atoms with Crippen LogP contribution in [-0.4, -0.2) is 29.2 Å². The number of halogens is 7. The summed E-state index contributed by atoms with van der Waals surface area (Å²) < 4.78 is 86.4. The van der Waals surface area contributed by atoms with Crippen molar-refractivity contribution in [3.63, 3.8) is 0 Å². The summed E-state index contributed by atoms with van der Waals surface area (Å²) in [6.07, 6.45) is -6.18. The van der Waals surface area contributed by atoms with Crippen molar-refractivity contribution in [2.24, 2.45) is 46.3 Å². The van der Waals surface area contributed by atoms with Gasteiger partial charge in [0.1, 0.15) is 23.0 Å². The molecule has 4 aliphatic carbocycles. The van der Waals surface area contributed by atoms with Crippen LogP contribution in [0.4, 0.5) is 26.3 Å². The molecule has 0 aliphatic heterocycles. The maximum absolute atomic E-state index is 13.9. The van der Waals surface area contributed by atoms with E-state index in [4.69, 9.17) is 3.07 Å². The normalized spacial score (nSPS) is 47.9. The summed E-state index contributed by atoms with van der Waals surface area (Å²) in [6.45, 7) is 5.80. The van der Waals surface area contributed by atoms with Crippen molar-refractivity contribution in [1.29, 1.82) is 0 Å². The average Bonchev–Trinajstić information content (AvgIpc) is 3.07. The average molecular weight is 596 g/mol. The summed E-state index contributed by atoms with van der Waals surface area (Å²) in [6, 6.07) is 0. The Labute approximate surface area is 206 Å². The summed E-state index contributed by atoms with van der Waals surface area (Å²) in [7, 11) is 0. The SMILES string of the molecule is C[C@@H]([C@H]1CC[C@H]2[C@@H]3CC[C@@H]4C[C@@](OI)(C(F)(F)F)CC[C@]4(C)[C@H]3CC[C@]12C)[C@H](O)C(F)(F)F. The minimum atomic E-state index is -4.62. The molecule has 33 heavy (non-hydrogen) atoms. The molecule has 1 N–H and O–H groups in total. The van der Waals surface area contributed by atoms with Gasteiger partial charge >= 0.3 is 12.4 Å². The van der Waals surface area contributed by atoms with Crippen molar-refractivity contribution in [2.75, 3.05) is 0 Å². The van der Waals surface area contributed by atoms with Crippen molar-refractivity contribution >= 4 is 23.0 Å². The molecule has 0 heterocycles. The molecule has 0 aromatic rings. The third kappa shape index (κ3) is 3.96. The van der Waals surface area contributed by atoms with Crippen LogP contribution in [-0.2, 0) is 3.07 Å². The second-order valence-corrected chi connectivity index (χ2v) is 12.4. The first-order valence-electron chi connectivity index (χ1n) is 12.2. The number of hydrogen-bond acceptors (Lipinski definition) is 2. The maximum atomic E-state index is 13.9. The van der Waals surface area contributed by atoms with Crippen molar-refractivity contribution in [3.05, 3.63) is 0 Å². The van der Waals surface area contributed by atoms with E-state index in [0.29, 0.717) is 31.1 Å². The fourth-order valence-corrected chi connectivity index (χ4v) is 9.67. The molecule has 4 aliphatic rings. The van der Waals surface area contributed by atoms with Crippen LogP contribution < -0.4 is 0 Å². The van der Waals surface area contributed by atoms with Gasteiger partial charge in [0.05, 0.1) is 0 Å². The third-order valence-electron chi connectivity index (χ3n) is 10.9. The molecule has 192 valence electrons. The molecular formula is C24H35F6IO2. The summed E-state index contributed by atoms with van der Waals surface area (Å²) in [5.41, 5.74) is -2.52. The van der Waals surface area contributed by atoms with Gasteiger partial charge < -0.3 is 5.11 Å². The number of fused-ring (bicyclic) bond motifs is 5. The highest BCUT2D eigenvalue weighted by Gasteiger charge is 2.66. The Morgan fingerprint density at radius 1 is 0.879 bits per heavy atom. The smallest absolute Gasteiger partial charge is 0.383 e. The Bertz CT molecular complexity index is 743. The van der Waals surface area contributed by atoms with Crippen LogP contribution in [0.1, 0.15) is 78.6 Å². The summed E-state index contributed by atoms with van der Waals surface area (Å²) in [5.74, 6) is -0.192. The monoisotopic (exact) mass is 596 g/mol. The van der Waals surface area contributed by atoms with E-state index < -0.39 is 30.0 Å². The summed E-state index contributed by atoms with van der Waals surface area (Å²) in [5, 5.41) is 9.96. The number of rotatable bonds is 3. The highest BCUT2D eigenvalue weighted by Crippen LogP contribution is 2.70. The zero-order valence-corrected chi connectivity index (χ0v) is 21.6. The number of aliphatic hydroxyl groups excluding tert-OH is 1. The van der Waals surface area contributed by atoms with Gasteiger partial charge in [-0.3, -0.25) is 3.07 Å². The second-order valence-electron chi connectivity index (χ2n) is 12.0. The highest BCUT2D eigenvalue weighted by molar-refractivity contribution is 14.1. The van der Waals surface area contributed by atoms with Crippen molar-refractivity contribution in [1.82, 2.24) is 0 Å². The second kappa shape index (κ2) is 8.38. The fourth-order valence-electron chi connectivity index (χ4n) is 9.02. The molecule has 4 saturated carbocycles. The van der Waals surface area contributed by atoms with Crippen LogP contribution >= 0.6 is 23.0 Å². The number of aliphatic hydroxyl groups is 1. The van der Waals surface area contributed by atoms with Gasteiger partial charge in [0.15, 0.2) is 11.7 Å². The Morgan fingerprint density at radius 3 is 2.09 bits per heavy atom. The van der Waals surface area contributed by atoms with E-state index >= 15 is 0 Å². The van der Waals surface area contributed by atoms with E-state index in [1.807, 2.05) is 0 Å². The third-order valence-corrected chi connectivity index (χ3v) is 11.8. The van der Waals surface area contributed by atoms with Gasteiger partial charge in [-0.1, -0.05) is 20.8 Å². The van der Waals surface area contributed by atoms with Crippen LogP contribution in [0.25, 0.3) is 0 Å². The van der Waals surface area contributed by atoms with E-state index in [9.17, 15) is 31.4 Å². The molecule has 0 radical (unpaired) electrons. The summed E-state index contributed by atoms with van der Waals surface area (Å²) >= 11 is 1.41. The van der Waals surface area contributed by atoms with Crippen LogP contribution in [0.2, 0.25) is 0 Å². The van der Waals surface area contributed by atoms with Crippen molar-refractivity contribution in [3.8, 4) is 0 Å². The Hall–Kier alpha value is 0.230. The Balaban J connectivity index is 1.55. The highest BCUT2D eigenvalue weighted by atomic mass is 127.